The maximum atomic E-state index is 11.7. The van der Waals surface area contributed by atoms with Gasteiger partial charge in [-0.15, -0.1) is 0 Å². The average Bonchev–Trinajstić information content (AvgIpc) is 2.49. The van der Waals surface area contributed by atoms with Crippen LogP contribution in [-0.2, 0) is 17.6 Å². The molecule has 0 saturated carbocycles. The van der Waals surface area contributed by atoms with Gasteiger partial charge in [-0.1, -0.05) is 6.07 Å². The van der Waals surface area contributed by atoms with E-state index >= 15 is 0 Å². The summed E-state index contributed by atoms with van der Waals surface area (Å²) in [4.78, 5) is 4.65. The lowest BCUT2D eigenvalue weighted by molar-refractivity contribution is -0.127. The van der Waals surface area contributed by atoms with Gasteiger partial charge in [-0.2, -0.15) is 8.78 Å². The molecule has 1 aromatic heterocycles. The van der Waals surface area contributed by atoms with Crippen LogP contribution in [0, 0.1) is 0 Å². The molecule has 0 saturated heterocycles. The van der Waals surface area contributed by atoms with Gasteiger partial charge in [0.1, 0.15) is 5.82 Å². The maximum Gasteiger partial charge on any atom is 0.345 e. The van der Waals surface area contributed by atoms with Gasteiger partial charge in [0.25, 0.3) is 0 Å². The lowest BCUT2D eigenvalue weighted by Gasteiger charge is -2.17. The Kier molecular flexibility index (Phi) is 6.82. The molecule has 2 N–H and O–H groups in total. The number of alkyl halides is 2. The molecule has 0 radical (unpaired) electrons. The summed E-state index contributed by atoms with van der Waals surface area (Å²) in [5.74, 6) is 1.04. The van der Waals surface area contributed by atoms with Gasteiger partial charge in [0.15, 0.2) is 0 Å². The zero-order valence-corrected chi connectivity index (χ0v) is 12.2. The molecule has 0 aliphatic carbocycles. The Balaban J connectivity index is 1.56. The third-order valence-corrected chi connectivity index (χ3v) is 3.51. The third-order valence-electron chi connectivity index (χ3n) is 3.51. The number of hydrogen-bond acceptors (Lipinski definition) is 4. The third kappa shape index (κ3) is 5.93. The first kappa shape index (κ1) is 16.1. The van der Waals surface area contributed by atoms with E-state index in [0.29, 0.717) is 6.54 Å². The first-order chi connectivity index (χ1) is 10.3. The summed E-state index contributed by atoms with van der Waals surface area (Å²) in [5.41, 5.74) is 2.43. The number of aromatic nitrogens is 1. The van der Waals surface area contributed by atoms with Crippen LogP contribution in [0.2, 0.25) is 0 Å². The highest BCUT2D eigenvalue weighted by Crippen LogP contribution is 2.20. The van der Waals surface area contributed by atoms with Crippen LogP contribution in [0.3, 0.4) is 0 Å². The number of rotatable bonds is 9. The summed E-state index contributed by atoms with van der Waals surface area (Å²) < 4.78 is 27.6. The van der Waals surface area contributed by atoms with E-state index in [0.717, 1.165) is 50.3 Å². The van der Waals surface area contributed by atoms with Crippen LogP contribution >= 0.6 is 0 Å². The first-order valence-corrected chi connectivity index (χ1v) is 7.59. The Morgan fingerprint density at radius 3 is 3.05 bits per heavy atom. The summed E-state index contributed by atoms with van der Waals surface area (Å²) in [5, 5.41) is 6.42. The van der Waals surface area contributed by atoms with Crippen LogP contribution in [0.15, 0.2) is 12.1 Å². The summed E-state index contributed by atoms with van der Waals surface area (Å²) in [6.07, 6.45) is 5.27. The largest absolute Gasteiger partial charge is 0.370 e. The molecule has 21 heavy (non-hydrogen) atoms. The number of ether oxygens (including phenoxy) is 1. The SMILES string of the molecule is FC(F)OCCNCCCCc1ccc2c(n1)NCCC2. The van der Waals surface area contributed by atoms with Gasteiger partial charge in [-0.05, 0) is 50.3 Å². The minimum Gasteiger partial charge on any atom is -0.370 e. The minimum atomic E-state index is -2.67. The van der Waals surface area contributed by atoms with Crippen LogP contribution in [0.5, 0.6) is 0 Å². The van der Waals surface area contributed by atoms with E-state index in [-0.39, 0.29) is 6.61 Å². The van der Waals surface area contributed by atoms with Crippen LogP contribution in [0.4, 0.5) is 14.6 Å². The second kappa shape index (κ2) is 8.89. The van der Waals surface area contributed by atoms with E-state index in [1.54, 1.807) is 0 Å². The van der Waals surface area contributed by atoms with E-state index in [2.05, 4.69) is 32.5 Å². The highest BCUT2D eigenvalue weighted by atomic mass is 19.3. The molecule has 0 fully saturated rings. The fourth-order valence-electron chi connectivity index (χ4n) is 2.41. The highest BCUT2D eigenvalue weighted by molar-refractivity contribution is 5.46. The van der Waals surface area contributed by atoms with E-state index in [4.69, 9.17) is 0 Å². The van der Waals surface area contributed by atoms with Crippen molar-refractivity contribution < 1.29 is 13.5 Å². The number of aryl methyl sites for hydroxylation is 2. The maximum absolute atomic E-state index is 11.7. The Labute approximate surface area is 124 Å². The Hall–Kier alpha value is -1.27. The number of pyridine rings is 1. The quantitative estimate of drug-likeness (QED) is 0.688. The number of hydrogen-bond donors (Lipinski definition) is 2. The monoisotopic (exact) mass is 299 g/mol. The molecular formula is C15H23F2N3O. The zero-order valence-electron chi connectivity index (χ0n) is 12.2. The lowest BCUT2D eigenvalue weighted by Crippen LogP contribution is -2.22. The predicted molar refractivity (Wildman–Crippen MR) is 78.8 cm³/mol. The van der Waals surface area contributed by atoms with Gasteiger partial charge >= 0.3 is 6.61 Å². The molecule has 6 heteroatoms. The second-order valence-electron chi connectivity index (χ2n) is 5.18. The standard InChI is InChI=1S/C15H23F2N3O/c16-15(17)21-11-10-18-8-2-1-5-13-7-6-12-4-3-9-19-14(12)20-13/h6-7,15,18H,1-5,8-11H2,(H,19,20). The molecule has 2 rings (SSSR count). The summed E-state index contributed by atoms with van der Waals surface area (Å²) in [7, 11) is 0. The molecule has 0 amide bonds. The molecule has 118 valence electrons. The molecule has 1 aliphatic heterocycles. The normalized spacial score (nSPS) is 14.0. The van der Waals surface area contributed by atoms with Gasteiger partial charge in [0.05, 0.1) is 6.61 Å². The fraction of sp³-hybridized carbons (Fsp3) is 0.667. The van der Waals surface area contributed by atoms with Crippen molar-refractivity contribution in [2.24, 2.45) is 0 Å². The number of unbranched alkanes of at least 4 members (excludes halogenated alkanes) is 1. The van der Waals surface area contributed by atoms with Crippen molar-refractivity contribution in [3.63, 3.8) is 0 Å². The van der Waals surface area contributed by atoms with Crippen molar-refractivity contribution in [2.45, 2.75) is 38.7 Å². The number of nitrogens with zero attached hydrogens (tertiary/aromatic N) is 1. The molecular weight excluding hydrogens is 276 g/mol. The number of fused-ring (bicyclic) bond motifs is 1. The predicted octanol–water partition coefficient (Wildman–Crippen LogP) is 2.59. The van der Waals surface area contributed by atoms with Crippen LogP contribution in [-0.4, -0.2) is 37.8 Å². The van der Waals surface area contributed by atoms with Crippen molar-refractivity contribution in [2.75, 3.05) is 31.6 Å². The molecule has 0 aromatic carbocycles. The molecule has 0 atom stereocenters. The van der Waals surface area contributed by atoms with Crippen molar-refractivity contribution in [3.05, 3.63) is 23.4 Å². The summed E-state index contributed by atoms with van der Waals surface area (Å²) >= 11 is 0. The van der Waals surface area contributed by atoms with E-state index < -0.39 is 6.61 Å². The molecule has 0 spiro atoms. The van der Waals surface area contributed by atoms with Gasteiger partial charge in [-0.3, -0.25) is 0 Å². The van der Waals surface area contributed by atoms with Crippen molar-refractivity contribution in [1.82, 2.24) is 10.3 Å². The zero-order chi connectivity index (χ0) is 14.9. The van der Waals surface area contributed by atoms with Gasteiger partial charge < -0.3 is 15.4 Å². The Morgan fingerprint density at radius 1 is 1.29 bits per heavy atom. The average molecular weight is 299 g/mol. The van der Waals surface area contributed by atoms with Gasteiger partial charge in [0.2, 0.25) is 0 Å². The van der Waals surface area contributed by atoms with E-state index in [1.807, 2.05) is 0 Å². The topological polar surface area (TPSA) is 46.2 Å². The van der Waals surface area contributed by atoms with Gasteiger partial charge in [0, 0.05) is 18.8 Å². The van der Waals surface area contributed by atoms with Crippen LogP contribution in [0.25, 0.3) is 0 Å². The first-order valence-electron chi connectivity index (χ1n) is 7.59. The summed E-state index contributed by atoms with van der Waals surface area (Å²) in [6.45, 7) is -0.333. The molecule has 1 aromatic rings. The Morgan fingerprint density at radius 2 is 2.19 bits per heavy atom. The molecule has 1 aliphatic rings. The van der Waals surface area contributed by atoms with E-state index in [1.165, 1.54) is 12.0 Å². The van der Waals surface area contributed by atoms with Crippen LogP contribution in [0.1, 0.15) is 30.5 Å². The molecule has 4 nitrogen and oxygen atoms in total. The fourth-order valence-corrected chi connectivity index (χ4v) is 2.41. The number of nitrogens with one attached hydrogen (secondary N) is 2. The van der Waals surface area contributed by atoms with Gasteiger partial charge in [-0.25, -0.2) is 4.98 Å². The van der Waals surface area contributed by atoms with Crippen LogP contribution < -0.4 is 10.6 Å². The van der Waals surface area contributed by atoms with Crippen molar-refractivity contribution in [1.29, 1.82) is 0 Å². The summed E-state index contributed by atoms with van der Waals surface area (Å²) in [6, 6.07) is 4.28. The minimum absolute atomic E-state index is 0.0513. The number of halogens is 2. The Bertz CT molecular complexity index is 429. The molecule has 0 bridgehead atoms. The molecule has 0 unspecified atom stereocenters. The van der Waals surface area contributed by atoms with Crippen molar-refractivity contribution in [3.8, 4) is 0 Å². The lowest BCUT2D eigenvalue weighted by atomic mass is 10.1. The molecule has 2 heterocycles. The van der Waals surface area contributed by atoms with E-state index in [9.17, 15) is 8.78 Å². The van der Waals surface area contributed by atoms with Crippen molar-refractivity contribution >= 4 is 5.82 Å². The highest BCUT2D eigenvalue weighted by Gasteiger charge is 2.09. The smallest absolute Gasteiger partial charge is 0.345 e. The second-order valence-corrected chi connectivity index (χ2v) is 5.18. The number of anilines is 1.